The summed E-state index contributed by atoms with van der Waals surface area (Å²) in [7, 11) is 0. The first-order valence-electron chi connectivity index (χ1n) is 10.6. The normalized spacial score (nSPS) is 11.3. The lowest BCUT2D eigenvalue weighted by molar-refractivity contribution is -0.123. The molecule has 154 valence electrons. The van der Waals surface area contributed by atoms with E-state index in [2.05, 4.69) is 40.3 Å². The number of amides is 2. The molecule has 0 saturated heterocycles. The van der Waals surface area contributed by atoms with Gasteiger partial charge in [0, 0.05) is 52.9 Å². The highest BCUT2D eigenvalue weighted by atomic mass is 16.2. The van der Waals surface area contributed by atoms with Gasteiger partial charge in [-0.05, 0) is 50.5 Å². The van der Waals surface area contributed by atoms with Crippen molar-refractivity contribution < 1.29 is 9.59 Å². The van der Waals surface area contributed by atoms with E-state index < -0.39 is 0 Å². The molecule has 29 heavy (non-hydrogen) atoms. The van der Waals surface area contributed by atoms with Crippen LogP contribution in [0, 0.1) is 5.92 Å². The number of nitrogens with one attached hydrogen (secondary N) is 2. The van der Waals surface area contributed by atoms with Gasteiger partial charge in [-0.1, -0.05) is 32.0 Å². The molecule has 5 heteroatoms. The Balaban J connectivity index is 1.55. The third-order valence-electron chi connectivity index (χ3n) is 5.31. The van der Waals surface area contributed by atoms with Crippen molar-refractivity contribution in [1.82, 2.24) is 15.2 Å². The van der Waals surface area contributed by atoms with Crippen LogP contribution in [0.15, 0.2) is 42.5 Å². The number of para-hydroxylation sites is 1. The number of fused-ring (bicyclic) bond motifs is 3. The van der Waals surface area contributed by atoms with Crippen LogP contribution < -0.4 is 10.6 Å². The SMILES string of the molecule is CCn1c2ccccc2c2cc(C(=O)NCCCCCNC(=O)C(C)C)ccc21. The van der Waals surface area contributed by atoms with Crippen LogP contribution in [0.2, 0.25) is 0 Å². The van der Waals surface area contributed by atoms with Gasteiger partial charge in [0.25, 0.3) is 5.91 Å². The minimum atomic E-state index is -0.0339. The zero-order valence-corrected chi connectivity index (χ0v) is 17.6. The topological polar surface area (TPSA) is 63.1 Å². The minimum absolute atomic E-state index is 0.0259. The molecule has 0 unspecified atom stereocenters. The molecule has 3 rings (SSSR count). The largest absolute Gasteiger partial charge is 0.356 e. The molecule has 0 aliphatic carbocycles. The number of rotatable bonds is 9. The van der Waals surface area contributed by atoms with Gasteiger partial charge in [-0.25, -0.2) is 0 Å². The Morgan fingerprint density at radius 1 is 0.897 bits per heavy atom. The molecule has 2 N–H and O–H groups in total. The molecule has 0 fully saturated rings. The molecule has 0 atom stereocenters. The Morgan fingerprint density at radius 2 is 1.59 bits per heavy atom. The molecule has 0 spiro atoms. The van der Waals surface area contributed by atoms with E-state index in [4.69, 9.17) is 0 Å². The lowest BCUT2D eigenvalue weighted by atomic mass is 10.1. The molecule has 0 bridgehead atoms. The Labute approximate surface area is 172 Å². The highest BCUT2D eigenvalue weighted by Crippen LogP contribution is 2.29. The van der Waals surface area contributed by atoms with Crippen LogP contribution in [0.25, 0.3) is 21.8 Å². The van der Waals surface area contributed by atoms with E-state index in [1.807, 2.05) is 38.1 Å². The summed E-state index contributed by atoms with van der Waals surface area (Å²) in [4.78, 5) is 24.1. The van der Waals surface area contributed by atoms with Crippen LogP contribution in [0.3, 0.4) is 0 Å². The van der Waals surface area contributed by atoms with E-state index in [-0.39, 0.29) is 17.7 Å². The number of hydrogen-bond donors (Lipinski definition) is 2. The molecule has 2 amide bonds. The van der Waals surface area contributed by atoms with Gasteiger partial charge in [-0.15, -0.1) is 0 Å². The van der Waals surface area contributed by atoms with Crippen LogP contribution in [0.1, 0.15) is 50.4 Å². The van der Waals surface area contributed by atoms with Gasteiger partial charge < -0.3 is 15.2 Å². The number of unbranched alkanes of at least 4 members (excludes halogenated alkanes) is 2. The molecule has 2 aromatic carbocycles. The van der Waals surface area contributed by atoms with E-state index in [1.54, 1.807) is 0 Å². The summed E-state index contributed by atoms with van der Waals surface area (Å²) >= 11 is 0. The van der Waals surface area contributed by atoms with Crippen LogP contribution in [0.4, 0.5) is 0 Å². The molecule has 0 radical (unpaired) electrons. The Morgan fingerprint density at radius 3 is 2.31 bits per heavy atom. The molecule has 0 aliphatic rings. The fourth-order valence-corrected chi connectivity index (χ4v) is 3.68. The zero-order chi connectivity index (χ0) is 20.8. The van der Waals surface area contributed by atoms with Crippen molar-refractivity contribution in [2.75, 3.05) is 13.1 Å². The number of carbonyl (C=O) groups excluding carboxylic acids is 2. The second kappa shape index (κ2) is 9.59. The molecule has 3 aromatic rings. The predicted octanol–water partition coefficient (Wildman–Crippen LogP) is 4.49. The van der Waals surface area contributed by atoms with Gasteiger partial charge in [0.05, 0.1) is 0 Å². The highest BCUT2D eigenvalue weighted by Gasteiger charge is 2.12. The average molecular weight is 394 g/mol. The van der Waals surface area contributed by atoms with E-state index in [0.717, 1.165) is 36.7 Å². The lowest BCUT2D eigenvalue weighted by Crippen LogP contribution is -2.28. The molecular formula is C24H31N3O2. The number of hydrogen-bond acceptors (Lipinski definition) is 2. The fraction of sp³-hybridized carbons (Fsp3) is 0.417. The second-order valence-corrected chi connectivity index (χ2v) is 7.76. The lowest BCUT2D eigenvalue weighted by Gasteiger charge is -2.08. The van der Waals surface area contributed by atoms with Crippen molar-refractivity contribution in [1.29, 1.82) is 0 Å². The van der Waals surface area contributed by atoms with Gasteiger partial charge in [-0.2, -0.15) is 0 Å². The maximum absolute atomic E-state index is 12.6. The predicted molar refractivity (Wildman–Crippen MR) is 119 cm³/mol. The second-order valence-electron chi connectivity index (χ2n) is 7.76. The van der Waals surface area contributed by atoms with Crippen LogP contribution in [-0.4, -0.2) is 29.5 Å². The summed E-state index contributed by atoms with van der Waals surface area (Å²) in [6.07, 6.45) is 2.80. The van der Waals surface area contributed by atoms with Crippen molar-refractivity contribution in [2.24, 2.45) is 5.92 Å². The van der Waals surface area contributed by atoms with Crippen molar-refractivity contribution in [2.45, 2.75) is 46.6 Å². The molecule has 1 heterocycles. The summed E-state index contributed by atoms with van der Waals surface area (Å²) < 4.78 is 2.28. The number of aryl methyl sites for hydroxylation is 1. The summed E-state index contributed by atoms with van der Waals surface area (Å²) in [6, 6.07) is 14.3. The van der Waals surface area contributed by atoms with Crippen molar-refractivity contribution >= 4 is 33.6 Å². The molecule has 0 aliphatic heterocycles. The van der Waals surface area contributed by atoms with Gasteiger partial charge in [-0.3, -0.25) is 9.59 Å². The number of carbonyl (C=O) groups is 2. The minimum Gasteiger partial charge on any atom is -0.356 e. The summed E-state index contributed by atoms with van der Waals surface area (Å²) in [5.41, 5.74) is 3.06. The number of nitrogens with zero attached hydrogens (tertiary/aromatic N) is 1. The molecule has 0 saturated carbocycles. The Hall–Kier alpha value is -2.82. The van der Waals surface area contributed by atoms with Crippen LogP contribution in [-0.2, 0) is 11.3 Å². The first kappa shape index (κ1) is 20.9. The average Bonchev–Trinajstić information content (AvgIpc) is 3.05. The Kier molecular flexibility index (Phi) is 6.91. The maximum Gasteiger partial charge on any atom is 0.251 e. The van der Waals surface area contributed by atoms with Gasteiger partial charge in [0.1, 0.15) is 0 Å². The molecule has 1 aromatic heterocycles. The standard InChI is InChI=1S/C24H31N3O2/c1-4-27-21-11-7-6-10-19(21)20-16-18(12-13-22(20)27)24(29)26-15-9-5-8-14-25-23(28)17(2)3/h6-7,10-13,16-17H,4-5,8-9,14-15H2,1-3H3,(H,25,28)(H,26,29). The first-order valence-corrected chi connectivity index (χ1v) is 10.6. The number of benzene rings is 2. The van der Waals surface area contributed by atoms with Crippen molar-refractivity contribution in [3.8, 4) is 0 Å². The van der Waals surface area contributed by atoms with Crippen molar-refractivity contribution in [3.05, 3.63) is 48.0 Å². The van der Waals surface area contributed by atoms with Crippen molar-refractivity contribution in [3.63, 3.8) is 0 Å². The summed E-state index contributed by atoms with van der Waals surface area (Å²) in [5, 5.41) is 8.24. The zero-order valence-electron chi connectivity index (χ0n) is 17.6. The molecule has 5 nitrogen and oxygen atoms in total. The fourth-order valence-electron chi connectivity index (χ4n) is 3.68. The van der Waals surface area contributed by atoms with E-state index >= 15 is 0 Å². The quantitative estimate of drug-likeness (QED) is 0.526. The first-order chi connectivity index (χ1) is 14.0. The third-order valence-corrected chi connectivity index (χ3v) is 5.31. The van der Waals surface area contributed by atoms with Gasteiger partial charge >= 0.3 is 0 Å². The highest BCUT2D eigenvalue weighted by molar-refractivity contribution is 6.10. The monoisotopic (exact) mass is 393 g/mol. The smallest absolute Gasteiger partial charge is 0.251 e. The van der Waals surface area contributed by atoms with E-state index in [9.17, 15) is 9.59 Å². The van der Waals surface area contributed by atoms with Gasteiger partial charge in [0.2, 0.25) is 5.91 Å². The Bertz CT molecular complexity index is 1000. The van der Waals surface area contributed by atoms with E-state index in [0.29, 0.717) is 18.7 Å². The summed E-state index contributed by atoms with van der Waals surface area (Å²) in [6.45, 7) is 8.16. The number of aromatic nitrogens is 1. The third kappa shape index (κ3) is 4.78. The van der Waals surface area contributed by atoms with Gasteiger partial charge in [0.15, 0.2) is 0 Å². The molecular weight excluding hydrogens is 362 g/mol. The van der Waals surface area contributed by atoms with Crippen LogP contribution >= 0.6 is 0 Å². The van der Waals surface area contributed by atoms with E-state index in [1.165, 1.54) is 10.9 Å². The van der Waals surface area contributed by atoms with Crippen LogP contribution in [0.5, 0.6) is 0 Å². The summed E-state index contributed by atoms with van der Waals surface area (Å²) in [5.74, 6) is 0.0874. The maximum atomic E-state index is 12.6.